The van der Waals surface area contributed by atoms with Gasteiger partial charge < -0.3 is 4.57 Å². The monoisotopic (exact) mass is 265 g/mol. The summed E-state index contributed by atoms with van der Waals surface area (Å²) in [5.74, 6) is 0.792. The second-order valence-corrected chi connectivity index (χ2v) is 4.58. The van der Waals surface area contributed by atoms with E-state index in [0.29, 0.717) is 5.69 Å². The minimum atomic E-state index is -0.00407. The third-order valence-electron chi connectivity index (χ3n) is 3.32. The number of carbonyl (C=O) groups is 1. The Morgan fingerprint density at radius 2 is 1.95 bits per heavy atom. The number of para-hydroxylation sites is 2. The number of Topliss-reactive ketones (excluding diaryl/α,β-unsaturated/α-hetero) is 1. The van der Waals surface area contributed by atoms with Gasteiger partial charge in [0, 0.05) is 12.7 Å². The van der Waals surface area contributed by atoms with Crippen LogP contribution in [0.25, 0.3) is 11.0 Å². The molecule has 0 aliphatic rings. The minimum absolute atomic E-state index is 0.00407. The smallest absolute Gasteiger partial charge is 0.188 e. The van der Waals surface area contributed by atoms with Crippen molar-refractivity contribution >= 4 is 16.8 Å². The van der Waals surface area contributed by atoms with Crippen molar-refractivity contribution in [1.29, 1.82) is 0 Å². The van der Waals surface area contributed by atoms with Crippen LogP contribution in [0.4, 0.5) is 0 Å². The number of pyridine rings is 1. The van der Waals surface area contributed by atoms with Crippen molar-refractivity contribution in [1.82, 2.24) is 14.5 Å². The van der Waals surface area contributed by atoms with Gasteiger partial charge in [0.05, 0.1) is 17.5 Å². The lowest BCUT2D eigenvalue weighted by Crippen LogP contribution is -2.11. The third-order valence-corrected chi connectivity index (χ3v) is 3.32. The largest absolute Gasteiger partial charge is 0.328 e. The van der Waals surface area contributed by atoms with Gasteiger partial charge in [0.1, 0.15) is 11.5 Å². The molecule has 3 rings (SSSR count). The summed E-state index contributed by atoms with van der Waals surface area (Å²) in [6, 6.07) is 13.3. The molecule has 0 N–H and O–H groups in total. The van der Waals surface area contributed by atoms with Crippen molar-refractivity contribution in [3.63, 3.8) is 0 Å². The Morgan fingerprint density at radius 3 is 2.70 bits per heavy atom. The van der Waals surface area contributed by atoms with Gasteiger partial charge >= 0.3 is 0 Å². The van der Waals surface area contributed by atoms with E-state index in [4.69, 9.17) is 0 Å². The molecule has 0 aliphatic carbocycles. The topological polar surface area (TPSA) is 47.8 Å². The molecular weight excluding hydrogens is 250 g/mol. The van der Waals surface area contributed by atoms with Gasteiger partial charge in [-0.15, -0.1) is 0 Å². The first-order chi connectivity index (χ1) is 9.79. The summed E-state index contributed by atoms with van der Waals surface area (Å²) in [7, 11) is 0. The lowest BCUT2D eigenvalue weighted by molar-refractivity contribution is 0.0985. The van der Waals surface area contributed by atoms with Crippen molar-refractivity contribution in [2.24, 2.45) is 0 Å². The standard InChI is InChI=1S/C16H15N3O/c1-2-19-14-9-4-3-7-12(14)18-16(19)11-15(20)13-8-5-6-10-17-13/h3-10H,2,11H2,1H3. The van der Waals surface area contributed by atoms with E-state index in [-0.39, 0.29) is 12.2 Å². The molecule has 0 spiro atoms. The van der Waals surface area contributed by atoms with E-state index in [9.17, 15) is 4.79 Å². The van der Waals surface area contributed by atoms with Gasteiger partial charge in [0.25, 0.3) is 0 Å². The van der Waals surface area contributed by atoms with Crippen molar-refractivity contribution < 1.29 is 4.79 Å². The van der Waals surface area contributed by atoms with Crippen LogP contribution in [0.3, 0.4) is 0 Å². The van der Waals surface area contributed by atoms with Crippen LogP contribution in [0.1, 0.15) is 23.2 Å². The number of aromatic nitrogens is 3. The highest BCUT2D eigenvalue weighted by atomic mass is 16.1. The zero-order valence-electron chi connectivity index (χ0n) is 11.3. The van der Waals surface area contributed by atoms with E-state index in [1.807, 2.05) is 30.3 Å². The van der Waals surface area contributed by atoms with Crippen LogP contribution >= 0.6 is 0 Å². The Hall–Kier alpha value is -2.49. The van der Waals surface area contributed by atoms with Crippen LogP contribution in [0.5, 0.6) is 0 Å². The van der Waals surface area contributed by atoms with Crippen molar-refractivity contribution in [2.45, 2.75) is 19.9 Å². The van der Waals surface area contributed by atoms with E-state index in [0.717, 1.165) is 23.4 Å². The molecule has 2 heterocycles. The van der Waals surface area contributed by atoms with Crippen molar-refractivity contribution in [2.75, 3.05) is 0 Å². The average Bonchev–Trinajstić information content (AvgIpc) is 2.85. The Balaban J connectivity index is 1.97. The Kier molecular flexibility index (Phi) is 3.29. The molecule has 2 aromatic heterocycles. The SMILES string of the molecule is CCn1c(CC(=O)c2ccccn2)nc2ccccc21. The molecule has 20 heavy (non-hydrogen) atoms. The van der Waals surface area contributed by atoms with Gasteiger partial charge in [-0.25, -0.2) is 4.98 Å². The number of carbonyl (C=O) groups excluding carboxylic acids is 1. The first-order valence-electron chi connectivity index (χ1n) is 6.68. The summed E-state index contributed by atoms with van der Waals surface area (Å²) in [5.41, 5.74) is 2.49. The predicted octanol–water partition coefficient (Wildman–Crippen LogP) is 2.88. The number of aryl methyl sites for hydroxylation is 1. The lowest BCUT2D eigenvalue weighted by Gasteiger charge is -2.05. The molecule has 0 fully saturated rings. The second-order valence-electron chi connectivity index (χ2n) is 4.58. The normalized spacial score (nSPS) is 10.8. The maximum absolute atomic E-state index is 12.2. The van der Waals surface area contributed by atoms with Gasteiger partial charge in [-0.1, -0.05) is 18.2 Å². The molecule has 0 saturated heterocycles. The number of ketones is 1. The zero-order chi connectivity index (χ0) is 13.9. The van der Waals surface area contributed by atoms with Crippen molar-refractivity contribution in [3.05, 3.63) is 60.2 Å². The summed E-state index contributed by atoms with van der Waals surface area (Å²) >= 11 is 0. The fourth-order valence-corrected chi connectivity index (χ4v) is 2.38. The third kappa shape index (κ3) is 2.20. The molecule has 0 unspecified atom stereocenters. The predicted molar refractivity (Wildman–Crippen MR) is 77.7 cm³/mol. The Morgan fingerprint density at radius 1 is 1.15 bits per heavy atom. The van der Waals surface area contributed by atoms with E-state index >= 15 is 0 Å². The number of hydrogen-bond donors (Lipinski definition) is 0. The number of fused-ring (bicyclic) bond motifs is 1. The molecule has 0 saturated carbocycles. The molecule has 0 radical (unpaired) electrons. The number of hydrogen-bond acceptors (Lipinski definition) is 3. The molecule has 4 nitrogen and oxygen atoms in total. The van der Waals surface area contributed by atoms with E-state index in [1.165, 1.54) is 0 Å². The molecule has 3 aromatic rings. The van der Waals surface area contributed by atoms with Gasteiger partial charge in [-0.3, -0.25) is 9.78 Å². The molecule has 0 aliphatic heterocycles. The number of imidazole rings is 1. The maximum atomic E-state index is 12.2. The highest BCUT2D eigenvalue weighted by Crippen LogP contribution is 2.17. The molecule has 0 amide bonds. The highest BCUT2D eigenvalue weighted by molar-refractivity contribution is 5.95. The van der Waals surface area contributed by atoms with Crippen molar-refractivity contribution in [3.8, 4) is 0 Å². The van der Waals surface area contributed by atoms with Gasteiger partial charge in [0.15, 0.2) is 5.78 Å². The molecule has 0 bridgehead atoms. The molecular formula is C16H15N3O. The van der Waals surface area contributed by atoms with Crippen LogP contribution < -0.4 is 0 Å². The first kappa shape index (κ1) is 12.5. The Bertz CT molecular complexity index is 747. The molecule has 0 atom stereocenters. The van der Waals surface area contributed by atoms with Gasteiger partial charge in [-0.2, -0.15) is 0 Å². The van der Waals surface area contributed by atoms with E-state index < -0.39 is 0 Å². The van der Waals surface area contributed by atoms with Gasteiger partial charge in [-0.05, 0) is 31.2 Å². The minimum Gasteiger partial charge on any atom is -0.328 e. The van der Waals surface area contributed by atoms with E-state index in [1.54, 1.807) is 18.3 Å². The maximum Gasteiger partial charge on any atom is 0.188 e. The number of benzene rings is 1. The van der Waals surface area contributed by atoms with Crippen LogP contribution in [0.2, 0.25) is 0 Å². The van der Waals surface area contributed by atoms with Crippen LogP contribution in [0, 0.1) is 0 Å². The molecule has 1 aromatic carbocycles. The van der Waals surface area contributed by atoms with Crippen LogP contribution in [-0.4, -0.2) is 20.3 Å². The fourth-order valence-electron chi connectivity index (χ4n) is 2.38. The summed E-state index contributed by atoms with van der Waals surface area (Å²) in [6.07, 6.45) is 1.91. The lowest BCUT2D eigenvalue weighted by atomic mass is 10.2. The number of rotatable bonds is 4. The average molecular weight is 265 g/mol. The van der Waals surface area contributed by atoms with Crippen LogP contribution in [-0.2, 0) is 13.0 Å². The second kappa shape index (κ2) is 5.25. The molecule has 4 heteroatoms. The quantitative estimate of drug-likeness (QED) is 0.681. The van der Waals surface area contributed by atoms with E-state index in [2.05, 4.69) is 21.5 Å². The Labute approximate surface area is 117 Å². The highest BCUT2D eigenvalue weighted by Gasteiger charge is 2.14. The summed E-state index contributed by atoms with van der Waals surface area (Å²) in [4.78, 5) is 20.9. The first-order valence-corrected chi connectivity index (χ1v) is 6.68. The summed E-state index contributed by atoms with van der Waals surface area (Å²) in [6.45, 7) is 2.86. The van der Waals surface area contributed by atoms with Gasteiger partial charge in [0.2, 0.25) is 0 Å². The summed E-state index contributed by atoms with van der Waals surface area (Å²) < 4.78 is 2.08. The molecule has 100 valence electrons. The van der Waals surface area contributed by atoms with Crippen LogP contribution in [0.15, 0.2) is 48.7 Å². The summed E-state index contributed by atoms with van der Waals surface area (Å²) in [5, 5.41) is 0. The fraction of sp³-hybridized carbons (Fsp3) is 0.188. The number of nitrogens with zero attached hydrogens (tertiary/aromatic N) is 3. The zero-order valence-corrected chi connectivity index (χ0v) is 11.3.